The van der Waals surface area contributed by atoms with Crippen molar-refractivity contribution < 1.29 is 19.0 Å². The summed E-state index contributed by atoms with van der Waals surface area (Å²) in [6.07, 6.45) is 0.490. The Labute approximate surface area is 169 Å². The molecule has 0 saturated carbocycles. The number of pyridine rings is 1. The minimum Gasteiger partial charge on any atom is -0.490 e. The quantitative estimate of drug-likeness (QED) is 0.726. The van der Waals surface area contributed by atoms with Gasteiger partial charge in [0.05, 0.1) is 11.8 Å². The molecule has 1 aromatic carbocycles. The first-order chi connectivity index (χ1) is 13.5. The summed E-state index contributed by atoms with van der Waals surface area (Å²) in [6.45, 7) is 6.26. The number of anilines is 1. The molecule has 1 heterocycles. The molecule has 0 spiro atoms. The second-order valence-corrected chi connectivity index (χ2v) is 7.73. The van der Waals surface area contributed by atoms with Crippen LogP contribution in [0.15, 0.2) is 30.5 Å². The van der Waals surface area contributed by atoms with Gasteiger partial charge in [-0.3, -0.25) is 4.90 Å². The molecule has 1 aromatic heterocycles. The highest BCUT2D eigenvalue weighted by atomic mass is 19.1. The lowest BCUT2D eigenvalue weighted by molar-refractivity contribution is 0.203. The van der Waals surface area contributed by atoms with Crippen molar-refractivity contribution >= 4 is 11.9 Å². The molecule has 2 aromatic rings. The van der Waals surface area contributed by atoms with Gasteiger partial charge in [0.25, 0.3) is 0 Å². The number of ether oxygens (including phenoxy) is 1. The van der Waals surface area contributed by atoms with Crippen LogP contribution >= 0.6 is 0 Å². The molecule has 0 bridgehead atoms. The largest absolute Gasteiger partial charge is 0.490 e. The Kier molecular flexibility index (Phi) is 6.77. The zero-order valence-electron chi connectivity index (χ0n) is 16.9. The molecule has 0 aliphatic heterocycles. The molecule has 154 valence electrons. The van der Waals surface area contributed by atoms with Crippen LogP contribution in [0.25, 0.3) is 11.1 Å². The molecule has 0 aliphatic carbocycles. The van der Waals surface area contributed by atoms with Gasteiger partial charge in [-0.2, -0.15) is 5.26 Å². The van der Waals surface area contributed by atoms with Gasteiger partial charge >= 0.3 is 6.09 Å². The SMILES string of the molecule is CC(C)CC(C)(N)COc1ccc(-c2cc(N(C)C(=O)O)ncc2F)cc1C#N. The van der Waals surface area contributed by atoms with Crippen LogP contribution in [0.5, 0.6) is 5.75 Å². The molecule has 0 radical (unpaired) electrons. The van der Waals surface area contributed by atoms with Crippen molar-refractivity contribution in [1.29, 1.82) is 5.26 Å². The zero-order chi connectivity index (χ0) is 21.8. The van der Waals surface area contributed by atoms with E-state index in [9.17, 15) is 14.4 Å². The Morgan fingerprint density at radius 1 is 1.45 bits per heavy atom. The van der Waals surface area contributed by atoms with E-state index in [-0.39, 0.29) is 23.6 Å². The normalized spacial score (nSPS) is 12.9. The van der Waals surface area contributed by atoms with Gasteiger partial charge in [0, 0.05) is 18.2 Å². The Morgan fingerprint density at radius 3 is 2.72 bits per heavy atom. The Hall–Kier alpha value is -3.18. The van der Waals surface area contributed by atoms with Crippen molar-refractivity contribution in [3.63, 3.8) is 0 Å². The first-order valence-corrected chi connectivity index (χ1v) is 9.12. The van der Waals surface area contributed by atoms with Crippen LogP contribution in [-0.4, -0.2) is 35.4 Å². The molecular weight excluding hydrogens is 375 g/mol. The number of amides is 1. The molecule has 0 fully saturated rings. The lowest BCUT2D eigenvalue weighted by atomic mass is 9.93. The van der Waals surface area contributed by atoms with Gasteiger partial charge in [-0.25, -0.2) is 14.2 Å². The summed E-state index contributed by atoms with van der Waals surface area (Å²) in [6, 6.07) is 8.05. The summed E-state index contributed by atoms with van der Waals surface area (Å²) in [4.78, 5) is 15.8. The number of aromatic nitrogens is 1. The van der Waals surface area contributed by atoms with Crippen LogP contribution in [0, 0.1) is 23.1 Å². The number of nitrogens with two attached hydrogens (primary N) is 1. The number of carbonyl (C=O) groups is 1. The number of nitriles is 1. The number of benzene rings is 1. The monoisotopic (exact) mass is 400 g/mol. The second-order valence-electron chi connectivity index (χ2n) is 7.73. The van der Waals surface area contributed by atoms with Crippen LogP contribution in [0.4, 0.5) is 15.0 Å². The summed E-state index contributed by atoms with van der Waals surface area (Å²) in [5, 5.41) is 18.6. The average Bonchev–Trinajstić information content (AvgIpc) is 2.65. The fraction of sp³-hybridized carbons (Fsp3) is 0.381. The van der Waals surface area contributed by atoms with E-state index in [1.54, 1.807) is 12.1 Å². The molecule has 0 saturated heterocycles. The number of halogens is 1. The molecule has 0 aliphatic rings. The van der Waals surface area contributed by atoms with Crippen molar-refractivity contribution in [2.45, 2.75) is 32.7 Å². The molecule has 3 N–H and O–H groups in total. The number of rotatable bonds is 7. The average molecular weight is 400 g/mol. The van der Waals surface area contributed by atoms with E-state index < -0.39 is 17.4 Å². The number of hydrogen-bond donors (Lipinski definition) is 2. The van der Waals surface area contributed by atoms with Gasteiger partial charge in [-0.1, -0.05) is 19.9 Å². The number of hydrogen-bond acceptors (Lipinski definition) is 5. The Morgan fingerprint density at radius 2 is 2.14 bits per heavy atom. The minimum atomic E-state index is -1.22. The number of nitrogens with zero attached hydrogens (tertiary/aromatic N) is 3. The summed E-state index contributed by atoms with van der Waals surface area (Å²) in [5.74, 6) is 0.199. The first kappa shape index (κ1) is 22.1. The van der Waals surface area contributed by atoms with Crippen LogP contribution in [0.3, 0.4) is 0 Å². The summed E-state index contributed by atoms with van der Waals surface area (Å²) in [5.41, 5.74) is 6.47. The maximum Gasteiger partial charge on any atom is 0.412 e. The molecule has 2 rings (SSSR count). The maximum absolute atomic E-state index is 14.3. The summed E-state index contributed by atoms with van der Waals surface area (Å²) in [7, 11) is 1.31. The van der Waals surface area contributed by atoms with Crippen molar-refractivity contribution in [3.8, 4) is 22.9 Å². The van der Waals surface area contributed by atoms with Crippen molar-refractivity contribution in [2.24, 2.45) is 11.7 Å². The topological polar surface area (TPSA) is 112 Å². The standard InChI is InChI=1S/C21H25FN4O3/c1-13(2)9-21(3,24)12-29-18-6-5-14(7-15(18)10-23)16-8-19(25-11-17(16)22)26(4)20(27)28/h5-8,11,13H,9,12,24H2,1-4H3,(H,27,28). The maximum atomic E-state index is 14.3. The minimum absolute atomic E-state index is 0.0697. The third-order valence-corrected chi connectivity index (χ3v) is 4.31. The molecule has 1 unspecified atom stereocenters. The third kappa shape index (κ3) is 5.65. The fourth-order valence-corrected chi connectivity index (χ4v) is 3.08. The van der Waals surface area contributed by atoms with Gasteiger partial charge < -0.3 is 15.6 Å². The molecule has 8 heteroatoms. The zero-order valence-corrected chi connectivity index (χ0v) is 16.9. The second kappa shape index (κ2) is 8.88. The van der Waals surface area contributed by atoms with Gasteiger partial charge in [-0.15, -0.1) is 0 Å². The molecule has 29 heavy (non-hydrogen) atoms. The lowest BCUT2D eigenvalue weighted by Crippen LogP contribution is -2.43. The highest BCUT2D eigenvalue weighted by Gasteiger charge is 2.22. The highest BCUT2D eigenvalue weighted by molar-refractivity contribution is 5.85. The number of carboxylic acid groups (broad SMARTS) is 1. The molecule has 1 atom stereocenters. The van der Waals surface area contributed by atoms with Gasteiger partial charge in [0.15, 0.2) is 0 Å². The van der Waals surface area contributed by atoms with E-state index in [0.29, 0.717) is 17.2 Å². The summed E-state index contributed by atoms with van der Waals surface area (Å²) >= 11 is 0. The predicted molar refractivity (Wildman–Crippen MR) is 108 cm³/mol. The van der Waals surface area contributed by atoms with Gasteiger partial charge in [0.1, 0.15) is 30.1 Å². The Bertz CT molecular complexity index is 938. The van der Waals surface area contributed by atoms with Crippen molar-refractivity contribution in [3.05, 3.63) is 41.8 Å². The van der Waals surface area contributed by atoms with E-state index in [2.05, 4.69) is 18.8 Å². The van der Waals surface area contributed by atoms with E-state index in [1.165, 1.54) is 19.2 Å². The highest BCUT2D eigenvalue weighted by Crippen LogP contribution is 2.30. The third-order valence-electron chi connectivity index (χ3n) is 4.31. The molecule has 7 nitrogen and oxygen atoms in total. The fourth-order valence-electron chi connectivity index (χ4n) is 3.08. The van der Waals surface area contributed by atoms with Crippen molar-refractivity contribution in [2.75, 3.05) is 18.6 Å². The Balaban J connectivity index is 2.33. The van der Waals surface area contributed by atoms with Crippen LogP contribution in [-0.2, 0) is 0 Å². The van der Waals surface area contributed by atoms with E-state index in [1.807, 2.05) is 13.0 Å². The van der Waals surface area contributed by atoms with E-state index in [0.717, 1.165) is 17.5 Å². The van der Waals surface area contributed by atoms with Gasteiger partial charge in [0.2, 0.25) is 0 Å². The molecular formula is C21H25FN4O3. The lowest BCUT2D eigenvalue weighted by Gasteiger charge is -2.26. The van der Waals surface area contributed by atoms with E-state index >= 15 is 0 Å². The first-order valence-electron chi connectivity index (χ1n) is 9.12. The van der Waals surface area contributed by atoms with Crippen LogP contribution in [0.1, 0.15) is 32.8 Å². The van der Waals surface area contributed by atoms with Gasteiger partial charge in [-0.05, 0) is 43.0 Å². The van der Waals surface area contributed by atoms with E-state index in [4.69, 9.17) is 15.6 Å². The van der Waals surface area contributed by atoms with Crippen LogP contribution in [0.2, 0.25) is 0 Å². The van der Waals surface area contributed by atoms with Crippen molar-refractivity contribution in [1.82, 2.24) is 4.98 Å². The van der Waals surface area contributed by atoms with Crippen LogP contribution < -0.4 is 15.4 Å². The molecule has 1 amide bonds. The smallest absolute Gasteiger partial charge is 0.412 e. The summed E-state index contributed by atoms with van der Waals surface area (Å²) < 4.78 is 20.1. The predicted octanol–water partition coefficient (Wildman–Crippen LogP) is 4.02.